The summed E-state index contributed by atoms with van der Waals surface area (Å²) < 4.78 is 0. The van der Waals surface area contributed by atoms with E-state index in [4.69, 9.17) is 5.73 Å². The molecule has 0 aromatic heterocycles. The van der Waals surface area contributed by atoms with Crippen molar-refractivity contribution in [3.63, 3.8) is 0 Å². The fourth-order valence-corrected chi connectivity index (χ4v) is 1.91. The van der Waals surface area contributed by atoms with Gasteiger partial charge in [0.15, 0.2) is 0 Å². The number of carbonyl (C=O) groups is 1. The van der Waals surface area contributed by atoms with Gasteiger partial charge in [-0.25, -0.2) is 0 Å². The Hall–Kier alpha value is -0.610. The largest absolute Gasteiger partial charge is 0.390 e. The van der Waals surface area contributed by atoms with E-state index in [9.17, 15) is 9.90 Å². The van der Waals surface area contributed by atoms with Crippen molar-refractivity contribution in [2.24, 2.45) is 11.7 Å². The van der Waals surface area contributed by atoms with Crippen LogP contribution < -0.4 is 5.73 Å². The molecule has 1 amide bonds. The lowest BCUT2D eigenvalue weighted by molar-refractivity contribution is -0.139. The van der Waals surface area contributed by atoms with E-state index in [1.807, 2.05) is 18.7 Å². The lowest BCUT2D eigenvalue weighted by atomic mass is 9.92. The van der Waals surface area contributed by atoms with E-state index in [1.54, 1.807) is 0 Å². The highest BCUT2D eigenvalue weighted by Crippen LogP contribution is 2.22. The first kappa shape index (κ1) is 12.5. The highest BCUT2D eigenvalue weighted by atomic mass is 16.3. The molecule has 15 heavy (non-hydrogen) atoms. The molecule has 1 atom stereocenters. The first-order valence-electron chi connectivity index (χ1n) is 5.71. The Morgan fingerprint density at radius 3 is 2.47 bits per heavy atom. The lowest BCUT2D eigenvalue weighted by Gasteiger charge is -2.37. The summed E-state index contributed by atoms with van der Waals surface area (Å²) in [6.07, 6.45) is 2.13. The number of rotatable bonds is 3. The van der Waals surface area contributed by atoms with Crippen molar-refractivity contribution in [2.45, 2.75) is 38.7 Å². The molecule has 0 saturated carbocycles. The topological polar surface area (TPSA) is 66.6 Å². The number of carbonyl (C=O) groups excluding carboxylic acids is 1. The Labute approximate surface area is 91.4 Å². The van der Waals surface area contributed by atoms with E-state index in [0.29, 0.717) is 32.5 Å². The standard InChI is InChI=1S/C11H22N2O2/c1-3-9(8-12)10(14)13-6-4-11(2,15)5-7-13/h9,15H,3-8,12H2,1-2H3. The van der Waals surface area contributed by atoms with Gasteiger partial charge in [0.1, 0.15) is 0 Å². The van der Waals surface area contributed by atoms with Crippen LogP contribution in [0.2, 0.25) is 0 Å². The molecule has 88 valence electrons. The third-order valence-electron chi connectivity index (χ3n) is 3.28. The molecule has 1 aliphatic rings. The minimum atomic E-state index is -0.596. The van der Waals surface area contributed by atoms with Crippen LogP contribution in [0.25, 0.3) is 0 Å². The van der Waals surface area contributed by atoms with E-state index in [1.165, 1.54) is 0 Å². The van der Waals surface area contributed by atoms with Crippen LogP contribution in [0.15, 0.2) is 0 Å². The Kier molecular flexibility index (Phi) is 4.11. The molecule has 0 spiro atoms. The van der Waals surface area contributed by atoms with Gasteiger partial charge < -0.3 is 15.7 Å². The van der Waals surface area contributed by atoms with Gasteiger partial charge in [-0.3, -0.25) is 4.79 Å². The van der Waals surface area contributed by atoms with Crippen LogP contribution in [0.4, 0.5) is 0 Å². The first-order chi connectivity index (χ1) is 7.00. The summed E-state index contributed by atoms with van der Waals surface area (Å²) in [7, 11) is 0. The van der Waals surface area contributed by atoms with Crippen molar-refractivity contribution in [2.75, 3.05) is 19.6 Å². The van der Waals surface area contributed by atoms with Gasteiger partial charge in [-0.15, -0.1) is 0 Å². The van der Waals surface area contributed by atoms with Gasteiger partial charge in [0.05, 0.1) is 11.5 Å². The van der Waals surface area contributed by atoms with Gasteiger partial charge in [-0.2, -0.15) is 0 Å². The molecule has 1 aliphatic heterocycles. The fraction of sp³-hybridized carbons (Fsp3) is 0.909. The van der Waals surface area contributed by atoms with E-state index in [2.05, 4.69) is 0 Å². The maximum Gasteiger partial charge on any atom is 0.226 e. The molecule has 3 N–H and O–H groups in total. The van der Waals surface area contributed by atoms with Gasteiger partial charge >= 0.3 is 0 Å². The molecular formula is C11H22N2O2. The van der Waals surface area contributed by atoms with Gasteiger partial charge in [-0.05, 0) is 26.2 Å². The zero-order valence-electron chi connectivity index (χ0n) is 9.70. The average Bonchev–Trinajstić information content (AvgIpc) is 2.19. The minimum Gasteiger partial charge on any atom is -0.390 e. The molecule has 0 aromatic carbocycles. The summed E-state index contributed by atoms with van der Waals surface area (Å²) >= 11 is 0. The lowest BCUT2D eigenvalue weighted by Crippen LogP contribution is -2.48. The van der Waals surface area contributed by atoms with E-state index in [-0.39, 0.29) is 11.8 Å². The summed E-state index contributed by atoms with van der Waals surface area (Å²) in [6.45, 7) is 5.54. The fourth-order valence-electron chi connectivity index (χ4n) is 1.91. The Balaban J connectivity index is 2.49. The van der Waals surface area contributed by atoms with Crippen molar-refractivity contribution < 1.29 is 9.90 Å². The Morgan fingerprint density at radius 2 is 2.07 bits per heavy atom. The molecule has 1 fully saturated rings. The predicted octanol–water partition coefficient (Wildman–Crippen LogP) is 0.345. The van der Waals surface area contributed by atoms with Crippen LogP contribution in [0.3, 0.4) is 0 Å². The smallest absolute Gasteiger partial charge is 0.226 e. The number of hydrogen-bond donors (Lipinski definition) is 2. The summed E-state index contributed by atoms with van der Waals surface area (Å²) in [6, 6.07) is 0. The highest BCUT2D eigenvalue weighted by Gasteiger charge is 2.31. The molecule has 1 rings (SSSR count). The Morgan fingerprint density at radius 1 is 1.53 bits per heavy atom. The van der Waals surface area contributed by atoms with E-state index in [0.717, 1.165) is 6.42 Å². The van der Waals surface area contributed by atoms with Crippen molar-refractivity contribution in [3.05, 3.63) is 0 Å². The monoisotopic (exact) mass is 214 g/mol. The maximum absolute atomic E-state index is 11.9. The van der Waals surface area contributed by atoms with E-state index < -0.39 is 5.60 Å². The summed E-state index contributed by atoms with van der Waals surface area (Å²) in [4.78, 5) is 13.8. The van der Waals surface area contributed by atoms with Gasteiger partial charge in [0, 0.05) is 19.6 Å². The molecule has 0 aliphatic carbocycles. The molecule has 1 heterocycles. The molecule has 0 radical (unpaired) electrons. The maximum atomic E-state index is 11.9. The molecule has 4 heteroatoms. The number of aliphatic hydroxyl groups is 1. The average molecular weight is 214 g/mol. The predicted molar refractivity (Wildman–Crippen MR) is 59.3 cm³/mol. The Bertz CT molecular complexity index is 215. The van der Waals surface area contributed by atoms with Gasteiger partial charge in [0.25, 0.3) is 0 Å². The van der Waals surface area contributed by atoms with Crippen LogP contribution in [0.1, 0.15) is 33.1 Å². The van der Waals surface area contributed by atoms with Crippen LogP contribution in [-0.4, -0.2) is 41.1 Å². The number of piperidine rings is 1. The van der Waals surface area contributed by atoms with Crippen molar-refractivity contribution in [3.8, 4) is 0 Å². The van der Waals surface area contributed by atoms with Crippen LogP contribution in [0.5, 0.6) is 0 Å². The van der Waals surface area contributed by atoms with Crippen LogP contribution in [-0.2, 0) is 4.79 Å². The molecule has 1 saturated heterocycles. The second-order valence-electron chi connectivity index (χ2n) is 4.66. The first-order valence-corrected chi connectivity index (χ1v) is 5.71. The van der Waals surface area contributed by atoms with Gasteiger partial charge in [-0.1, -0.05) is 6.92 Å². The number of hydrogen-bond acceptors (Lipinski definition) is 3. The van der Waals surface area contributed by atoms with Crippen LogP contribution >= 0.6 is 0 Å². The van der Waals surface area contributed by atoms with Gasteiger partial charge in [0.2, 0.25) is 5.91 Å². The van der Waals surface area contributed by atoms with Crippen molar-refractivity contribution >= 4 is 5.91 Å². The zero-order valence-corrected chi connectivity index (χ0v) is 9.70. The number of nitrogens with two attached hydrogens (primary N) is 1. The normalized spacial score (nSPS) is 22.5. The SMILES string of the molecule is CCC(CN)C(=O)N1CCC(C)(O)CC1. The van der Waals surface area contributed by atoms with Crippen molar-refractivity contribution in [1.29, 1.82) is 0 Å². The summed E-state index contributed by atoms with van der Waals surface area (Å²) in [5.74, 6) is 0.101. The molecule has 0 bridgehead atoms. The van der Waals surface area contributed by atoms with E-state index >= 15 is 0 Å². The molecule has 4 nitrogen and oxygen atoms in total. The number of amides is 1. The van der Waals surface area contributed by atoms with Crippen molar-refractivity contribution in [1.82, 2.24) is 4.90 Å². The number of nitrogens with zero attached hydrogens (tertiary/aromatic N) is 1. The quantitative estimate of drug-likeness (QED) is 0.712. The molecular weight excluding hydrogens is 192 g/mol. The second kappa shape index (κ2) is 4.94. The number of likely N-dealkylation sites (tertiary alicyclic amines) is 1. The molecule has 0 aromatic rings. The summed E-state index contributed by atoms with van der Waals surface area (Å²) in [5, 5.41) is 9.76. The minimum absolute atomic E-state index is 0.0481. The summed E-state index contributed by atoms with van der Waals surface area (Å²) in [5.41, 5.74) is 4.95. The second-order valence-corrected chi connectivity index (χ2v) is 4.66. The zero-order chi connectivity index (χ0) is 11.5. The van der Waals surface area contributed by atoms with Crippen LogP contribution in [0, 0.1) is 5.92 Å². The highest BCUT2D eigenvalue weighted by molar-refractivity contribution is 5.79. The molecule has 1 unspecified atom stereocenters. The third-order valence-corrected chi connectivity index (χ3v) is 3.28. The third kappa shape index (κ3) is 3.18.